The molecule has 0 fully saturated rings. The number of unbranched alkanes of at least 4 members (excludes halogenated alkanes) is 1. The molecule has 0 aliphatic carbocycles. The zero-order valence-corrected chi connectivity index (χ0v) is 21.4. The molecular formula is C25H30ClN3O5S. The standard InChI is InChI=1S/C25H30ClN3O5S/c1-3-4-15-27-24(31)18(2)28(17-19-11-13-20(26)14-12-19)23(30)10-7-16-29-25(32)21-8-5-6-9-22(21)35(29,33)34/h5-6,8-9,11-14,18H,3-4,7,10,15-17H2,1-2H3,(H,27,31)/t18-/m0/s1. The number of amides is 3. The van der Waals surface area contributed by atoms with Gasteiger partial charge in [-0.25, -0.2) is 12.7 Å². The van der Waals surface area contributed by atoms with Gasteiger partial charge in [0.05, 0.1) is 5.56 Å². The number of benzene rings is 2. The molecule has 1 aliphatic heterocycles. The Hall–Kier alpha value is -2.91. The van der Waals surface area contributed by atoms with Crippen molar-refractivity contribution in [2.75, 3.05) is 13.1 Å². The summed E-state index contributed by atoms with van der Waals surface area (Å²) >= 11 is 5.97. The molecule has 0 saturated heterocycles. The Balaban J connectivity index is 1.68. The van der Waals surface area contributed by atoms with Crippen LogP contribution < -0.4 is 5.32 Å². The predicted octanol–water partition coefficient (Wildman–Crippen LogP) is 3.60. The highest BCUT2D eigenvalue weighted by Crippen LogP contribution is 2.30. The highest BCUT2D eigenvalue weighted by atomic mass is 35.5. The number of carbonyl (C=O) groups excluding carboxylic acids is 3. The summed E-state index contributed by atoms with van der Waals surface area (Å²) in [4.78, 5) is 39.9. The van der Waals surface area contributed by atoms with Crippen LogP contribution in [0.15, 0.2) is 53.4 Å². The van der Waals surface area contributed by atoms with Crippen LogP contribution in [0.5, 0.6) is 0 Å². The van der Waals surface area contributed by atoms with Gasteiger partial charge in [-0.05, 0) is 49.6 Å². The van der Waals surface area contributed by atoms with Gasteiger partial charge in [-0.3, -0.25) is 14.4 Å². The third-order valence-corrected chi connectivity index (χ3v) is 8.02. The van der Waals surface area contributed by atoms with Crippen molar-refractivity contribution in [3.63, 3.8) is 0 Å². The van der Waals surface area contributed by atoms with Crippen molar-refractivity contribution in [1.82, 2.24) is 14.5 Å². The number of nitrogens with zero attached hydrogens (tertiary/aromatic N) is 2. The molecule has 1 heterocycles. The van der Waals surface area contributed by atoms with Crippen LogP contribution in [0.3, 0.4) is 0 Å². The van der Waals surface area contributed by atoms with Gasteiger partial charge in [0.2, 0.25) is 11.8 Å². The Morgan fingerprint density at radius 1 is 1.09 bits per heavy atom. The first-order valence-corrected chi connectivity index (χ1v) is 13.5. The maximum absolute atomic E-state index is 13.2. The van der Waals surface area contributed by atoms with Gasteiger partial charge in [0.25, 0.3) is 15.9 Å². The van der Waals surface area contributed by atoms with Crippen molar-refractivity contribution in [3.05, 3.63) is 64.7 Å². The first-order valence-electron chi connectivity index (χ1n) is 11.6. The molecule has 3 rings (SSSR count). The van der Waals surface area contributed by atoms with E-state index in [1.165, 1.54) is 17.0 Å². The molecular weight excluding hydrogens is 490 g/mol. The lowest BCUT2D eigenvalue weighted by Gasteiger charge is -2.29. The highest BCUT2D eigenvalue weighted by Gasteiger charge is 2.40. The Bertz CT molecular complexity index is 1180. The fourth-order valence-electron chi connectivity index (χ4n) is 3.87. The summed E-state index contributed by atoms with van der Waals surface area (Å²) < 4.78 is 26.3. The number of hydrogen-bond acceptors (Lipinski definition) is 5. The number of carbonyl (C=O) groups is 3. The predicted molar refractivity (Wildman–Crippen MR) is 133 cm³/mol. The Morgan fingerprint density at radius 2 is 1.77 bits per heavy atom. The fourth-order valence-corrected chi connectivity index (χ4v) is 5.61. The lowest BCUT2D eigenvalue weighted by atomic mass is 10.1. The number of halogens is 1. The molecule has 0 aromatic heterocycles. The summed E-state index contributed by atoms with van der Waals surface area (Å²) in [6.07, 6.45) is 1.89. The molecule has 35 heavy (non-hydrogen) atoms. The quantitative estimate of drug-likeness (QED) is 0.457. The first-order chi connectivity index (χ1) is 16.7. The minimum Gasteiger partial charge on any atom is -0.354 e. The van der Waals surface area contributed by atoms with Crippen molar-refractivity contribution >= 4 is 39.3 Å². The van der Waals surface area contributed by atoms with E-state index in [0.29, 0.717) is 11.6 Å². The van der Waals surface area contributed by atoms with Crippen LogP contribution in [-0.2, 0) is 26.2 Å². The minimum atomic E-state index is -3.93. The van der Waals surface area contributed by atoms with Crippen LogP contribution in [0.2, 0.25) is 5.02 Å². The molecule has 188 valence electrons. The van der Waals surface area contributed by atoms with E-state index in [0.717, 1.165) is 22.7 Å². The van der Waals surface area contributed by atoms with E-state index >= 15 is 0 Å². The normalized spacial score (nSPS) is 14.9. The zero-order valence-electron chi connectivity index (χ0n) is 19.9. The molecule has 0 saturated carbocycles. The summed E-state index contributed by atoms with van der Waals surface area (Å²) in [5.74, 6) is -1.15. The van der Waals surface area contributed by atoms with Crippen LogP contribution in [-0.4, -0.2) is 54.5 Å². The summed E-state index contributed by atoms with van der Waals surface area (Å²) in [6.45, 7) is 4.30. The maximum Gasteiger partial charge on any atom is 0.269 e. The summed E-state index contributed by atoms with van der Waals surface area (Å²) in [7, 11) is -3.93. The highest BCUT2D eigenvalue weighted by molar-refractivity contribution is 7.90. The average Bonchev–Trinajstić information content (AvgIpc) is 3.04. The maximum atomic E-state index is 13.2. The Labute approximate surface area is 211 Å². The van der Waals surface area contributed by atoms with Crippen molar-refractivity contribution in [3.8, 4) is 0 Å². The van der Waals surface area contributed by atoms with Gasteiger partial charge < -0.3 is 10.2 Å². The van der Waals surface area contributed by atoms with Crippen LogP contribution in [0.1, 0.15) is 55.5 Å². The van der Waals surface area contributed by atoms with Crippen molar-refractivity contribution in [2.24, 2.45) is 0 Å². The number of hydrogen-bond donors (Lipinski definition) is 1. The second-order valence-electron chi connectivity index (χ2n) is 8.45. The van der Waals surface area contributed by atoms with Gasteiger partial charge in [0.15, 0.2) is 0 Å². The molecule has 8 nitrogen and oxygen atoms in total. The summed E-state index contributed by atoms with van der Waals surface area (Å²) in [5.41, 5.74) is 0.948. The third-order valence-electron chi connectivity index (χ3n) is 5.93. The molecule has 0 unspecified atom stereocenters. The van der Waals surface area contributed by atoms with Gasteiger partial charge in [-0.15, -0.1) is 0 Å². The topological polar surface area (TPSA) is 104 Å². The van der Waals surface area contributed by atoms with Gasteiger partial charge >= 0.3 is 0 Å². The number of sulfonamides is 1. The number of fused-ring (bicyclic) bond motifs is 1. The molecule has 3 amide bonds. The van der Waals surface area contributed by atoms with Crippen LogP contribution >= 0.6 is 11.6 Å². The second kappa shape index (κ2) is 11.7. The van der Waals surface area contributed by atoms with Gasteiger partial charge in [-0.2, -0.15) is 0 Å². The number of nitrogens with one attached hydrogen (secondary N) is 1. The SMILES string of the molecule is CCCCNC(=O)[C@H](C)N(Cc1ccc(Cl)cc1)C(=O)CCCN1C(=O)c2ccccc2S1(=O)=O. The Morgan fingerprint density at radius 3 is 2.43 bits per heavy atom. The average molecular weight is 520 g/mol. The first kappa shape index (κ1) is 26.7. The molecule has 2 aromatic rings. The van der Waals surface area contributed by atoms with E-state index in [9.17, 15) is 22.8 Å². The molecule has 1 aliphatic rings. The second-order valence-corrected chi connectivity index (χ2v) is 10.7. The molecule has 0 radical (unpaired) electrons. The molecule has 1 atom stereocenters. The van der Waals surface area contributed by atoms with Crippen molar-refractivity contribution < 1.29 is 22.8 Å². The van der Waals surface area contributed by atoms with Crippen LogP contribution in [0, 0.1) is 0 Å². The fraction of sp³-hybridized carbons (Fsp3) is 0.400. The third kappa shape index (κ3) is 6.21. The minimum absolute atomic E-state index is 0.0157. The lowest BCUT2D eigenvalue weighted by Crippen LogP contribution is -2.47. The van der Waals surface area contributed by atoms with Crippen LogP contribution in [0.25, 0.3) is 0 Å². The van der Waals surface area contributed by atoms with Gasteiger partial charge in [-0.1, -0.05) is 49.2 Å². The van der Waals surface area contributed by atoms with Gasteiger partial charge in [0.1, 0.15) is 10.9 Å². The van der Waals surface area contributed by atoms with Gasteiger partial charge in [0, 0.05) is 31.1 Å². The van der Waals surface area contributed by atoms with E-state index in [1.807, 2.05) is 6.92 Å². The molecule has 0 bridgehead atoms. The van der Waals surface area contributed by atoms with E-state index in [1.54, 1.807) is 43.3 Å². The van der Waals surface area contributed by atoms with Crippen molar-refractivity contribution in [2.45, 2.75) is 57.0 Å². The monoisotopic (exact) mass is 519 g/mol. The van der Waals surface area contributed by atoms with Crippen molar-refractivity contribution in [1.29, 1.82) is 0 Å². The van der Waals surface area contributed by atoms with Crippen LogP contribution in [0.4, 0.5) is 0 Å². The molecule has 2 aromatic carbocycles. The largest absolute Gasteiger partial charge is 0.354 e. The Kier molecular flexibility index (Phi) is 8.91. The number of rotatable bonds is 11. The van der Waals surface area contributed by atoms with E-state index in [4.69, 9.17) is 11.6 Å². The van der Waals surface area contributed by atoms with E-state index in [2.05, 4.69) is 5.32 Å². The van der Waals surface area contributed by atoms with E-state index in [-0.39, 0.29) is 48.2 Å². The smallest absolute Gasteiger partial charge is 0.269 e. The molecule has 1 N–H and O–H groups in total. The lowest BCUT2D eigenvalue weighted by molar-refractivity contribution is -0.140. The molecule has 10 heteroatoms. The summed E-state index contributed by atoms with van der Waals surface area (Å²) in [6, 6.07) is 12.3. The van der Waals surface area contributed by atoms with E-state index < -0.39 is 22.0 Å². The summed E-state index contributed by atoms with van der Waals surface area (Å²) in [5, 5.41) is 3.42. The zero-order chi connectivity index (χ0) is 25.6. The molecule has 0 spiro atoms.